The molecule has 0 atom stereocenters. The molecule has 182 valence electrons. The molecule has 0 saturated carbocycles. The van der Waals surface area contributed by atoms with E-state index in [0.717, 1.165) is 12.8 Å². The van der Waals surface area contributed by atoms with Crippen LogP contribution in [-0.2, 0) is 9.47 Å². The Bertz CT molecular complexity index is 912. The second kappa shape index (κ2) is 13.2. The minimum atomic E-state index is -1.82. The number of benzene rings is 3. The standard InChI is InChI=1S/C31H42O2P/c1-6-32-31(33-7-2)23-9-8-16-24-34(28-20-13-10-17-25(28)3,29-21-14-11-18-26(29)4)30-22-15-12-19-27(30)5/h10-15,17-22,31H,6-9,16,23-24H2,1-5H3/q+1. The summed E-state index contributed by atoms with van der Waals surface area (Å²) in [7, 11) is -1.82. The third-order valence-electron chi connectivity index (χ3n) is 6.72. The van der Waals surface area contributed by atoms with E-state index in [4.69, 9.17) is 9.47 Å². The predicted molar refractivity (Wildman–Crippen MR) is 150 cm³/mol. The van der Waals surface area contributed by atoms with E-state index >= 15 is 0 Å². The summed E-state index contributed by atoms with van der Waals surface area (Å²) in [6.45, 7) is 12.3. The molecule has 0 radical (unpaired) electrons. The van der Waals surface area contributed by atoms with Gasteiger partial charge in [0, 0.05) is 13.2 Å². The van der Waals surface area contributed by atoms with Crippen LogP contribution in [0.5, 0.6) is 0 Å². The molecule has 0 fully saturated rings. The van der Waals surface area contributed by atoms with Crippen molar-refractivity contribution >= 4 is 23.2 Å². The molecule has 0 amide bonds. The fourth-order valence-corrected chi connectivity index (χ4v) is 10.4. The molecule has 0 N–H and O–H groups in total. The predicted octanol–water partition coefficient (Wildman–Crippen LogP) is 6.87. The van der Waals surface area contributed by atoms with Crippen LogP contribution in [0, 0.1) is 20.8 Å². The average Bonchev–Trinajstić information content (AvgIpc) is 2.83. The van der Waals surface area contributed by atoms with E-state index < -0.39 is 7.26 Å². The number of ether oxygens (including phenoxy) is 2. The molecule has 34 heavy (non-hydrogen) atoms. The molecule has 0 aliphatic heterocycles. The molecule has 0 heterocycles. The topological polar surface area (TPSA) is 18.5 Å². The number of aryl methyl sites for hydroxylation is 3. The maximum absolute atomic E-state index is 5.77. The van der Waals surface area contributed by atoms with Gasteiger partial charge in [-0.1, -0.05) is 54.6 Å². The van der Waals surface area contributed by atoms with Crippen molar-refractivity contribution in [3.63, 3.8) is 0 Å². The molecule has 0 aromatic heterocycles. The maximum atomic E-state index is 5.77. The van der Waals surface area contributed by atoms with Crippen LogP contribution in [0.4, 0.5) is 0 Å². The van der Waals surface area contributed by atoms with Crippen LogP contribution in [0.3, 0.4) is 0 Å². The zero-order valence-corrected chi connectivity index (χ0v) is 22.6. The van der Waals surface area contributed by atoms with Gasteiger partial charge in [-0.3, -0.25) is 0 Å². The number of hydrogen-bond donors (Lipinski definition) is 0. The highest BCUT2D eigenvalue weighted by Crippen LogP contribution is 2.58. The number of rotatable bonds is 13. The Morgan fingerprint density at radius 2 is 1.00 bits per heavy atom. The lowest BCUT2D eigenvalue weighted by Crippen LogP contribution is -2.37. The van der Waals surface area contributed by atoms with Crippen LogP contribution in [0.1, 0.15) is 56.2 Å². The molecule has 0 unspecified atom stereocenters. The first-order valence-electron chi connectivity index (χ1n) is 12.8. The summed E-state index contributed by atoms with van der Waals surface area (Å²) in [5, 5.41) is 4.58. The van der Waals surface area contributed by atoms with Crippen LogP contribution in [0.15, 0.2) is 72.8 Å². The summed E-state index contributed by atoms with van der Waals surface area (Å²) in [5.41, 5.74) is 4.19. The van der Waals surface area contributed by atoms with Crippen molar-refractivity contribution in [1.82, 2.24) is 0 Å². The average molecular weight is 478 g/mol. The first-order chi connectivity index (χ1) is 16.5. The highest BCUT2D eigenvalue weighted by atomic mass is 31.2. The van der Waals surface area contributed by atoms with E-state index in [9.17, 15) is 0 Å². The van der Waals surface area contributed by atoms with Gasteiger partial charge in [0.25, 0.3) is 0 Å². The lowest BCUT2D eigenvalue weighted by Gasteiger charge is -2.31. The zero-order valence-electron chi connectivity index (χ0n) is 21.7. The molecule has 0 spiro atoms. The molecule has 0 aliphatic carbocycles. The summed E-state index contributed by atoms with van der Waals surface area (Å²) in [6, 6.07) is 27.2. The molecule has 0 bridgehead atoms. The number of hydrogen-bond acceptors (Lipinski definition) is 2. The quantitative estimate of drug-likeness (QED) is 0.152. The van der Waals surface area contributed by atoms with Gasteiger partial charge in [0.1, 0.15) is 23.2 Å². The van der Waals surface area contributed by atoms with Crippen LogP contribution in [0.25, 0.3) is 0 Å². The van der Waals surface area contributed by atoms with Crippen molar-refractivity contribution in [1.29, 1.82) is 0 Å². The third-order valence-corrected chi connectivity index (χ3v) is 11.7. The first-order valence-corrected chi connectivity index (χ1v) is 14.8. The van der Waals surface area contributed by atoms with E-state index in [2.05, 4.69) is 93.6 Å². The van der Waals surface area contributed by atoms with Crippen molar-refractivity contribution in [2.24, 2.45) is 0 Å². The van der Waals surface area contributed by atoms with E-state index in [1.165, 1.54) is 51.6 Å². The van der Waals surface area contributed by atoms with E-state index in [0.29, 0.717) is 13.2 Å². The second-order valence-electron chi connectivity index (χ2n) is 9.08. The Morgan fingerprint density at radius 1 is 0.588 bits per heavy atom. The second-order valence-corrected chi connectivity index (χ2v) is 12.6. The van der Waals surface area contributed by atoms with Crippen LogP contribution in [0.2, 0.25) is 0 Å². The van der Waals surface area contributed by atoms with Crippen molar-refractivity contribution in [2.75, 3.05) is 19.4 Å². The third kappa shape index (κ3) is 6.16. The Hall–Kier alpha value is -1.99. The highest BCUT2D eigenvalue weighted by Gasteiger charge is 2.47. The molecule has 2 nitrogen and oxygen atoms in total. The summed E-state index contributed by atoms with van der Waals surface area (Å²) >= 11 is 0. The summed E-state index contributed by atoms with van der Waals surface area (Å²) < 4.78 is 11.5. The molecular weight excluding hydrogens is 435 g/mol. The normalized spacial score (nSPS) is 11.8. The SMILES string of the molecule is CCOC(CCCCC[P+](c1ccccc1C)(c1ccccc1C)c1ccccc1C)OCC. The lowest BCUT2D eigenvalue weighted by molar-refractivity contribution is -0.140. The zero-order chi connectivity index (χ0) is 24.4. The minimum absolute atomic E-state index is 0.0707. The maximum Gasteiger partial charge on any atom is 0.157 e. The van der Waals surface area contributed by atoms with Gasteiger partial charge in [0.2, 0.25) is 0 Å². The molecule has 3 rings (SSSR count). The van der Waals surface area contributed by atoms with Gasteiger partial charge < -0.3 is 9.47 Å². The molecular formula is C31H42O2P+. The van der Waals surface area contributed by atoms with Gasteiger partial charge in [-0.2, -0.15) is 0 Å². The Morgan fingerprint density at radius 3 is 1.38 bits per heavy atom. The lowest BCUT2D eigenvalue weighted by atomic mass is 10.2. The van der Waals surface area contributed by atoms with E-state index in [1.807, 2.05) is 13.8 Å². The molecule has 3 aromatic rings. The first kappa shape index (κ1) is 26.6. The van der Waals surface area contributed by atoms with Crippen molar-refractivity contribution in [3.8, 4) is 0 Å². The summed E-state index contributed by atoms with van der Waals surface area (Å²) in [6.07, 6.45) is 5.57. The molecule has 3 heteroatoms. The van der Waals surface area contributed by atoms with E-state index in [-0.39, 0.29) is 6.29 Å². The van der Waals surface area contributed by atoms with Crippen molar-refractivity contribution in [3.05, 3.63) is 89.5 Å². The Kier molecular flexibility index (Phi) is 10.3. The van der Waals surface area contributed by atoms with Gasteiger partial charge in [0.05, 0.1) is 6.16 Å². The van der Waals surface area contributed by atoms with Gasteiger partial charge in [-0.15, -0.1) is 0 Å². The molecule has 3 aromatic carbocycles. The molecule has 0 saturated heterocycles. The smallest absolute Gasteiger partial charge is 0.157 e. The van der Waals surface area contributed by atoms with Gasteiger partial charge in [-0.05, 0) is 95.2 Å². The Labute approximate surface area is 208 Å². The van der Waals surface area contributed by atoms with E-state index in [1.54, 1.807) is 0 Å². The van der Waals surface area contributed by atoms with Crippen LogP contribution in [-0.4, -0.2) is 25.7 Å². The minimum Gasteiger partial charge on any atom is -0.353 e. The summed E-state index contributed by atoms with van der Waals surface area (Å²) in [4.78, 5) is 0. The number of unbranched alkanes of at least 4 members (excludes halogenated alkanes) is 2. The van der Waals surface area contributed by atoms with Crippen molar-refractivity contribution in [2.45, 2.75) is 66.6 Å². The largest absolute Gasteiger partial charge is 0.353 e. The van der Waals surface area contributed by atoms with Gasteiger partial charge in [-0.25, -0.2) is 0 Å². The highest BCUT2D eigenvalue weighted by molar-refractivity contribution is 7.96. The summed E-state index contributed by atoms with van der Waals surface area (Å²) in [5.74, 6) is 0. The van der Waals surface area contributed by atoms with Gasteiger partial charge in [0.15, 0.2) is 6.29 Å². The fraction of sp³-hybridized carbons (Fsp3) is 0.419. The van der Waals surface area contributed by atoms with Crippen LogP contribution < -0.4 is 15.9 Å². The Balaban J connectivity index is 1.99. The fourth-order valence-electron chi connectivity index (χ4n) is 5.15. The van der Waals surface area contributed by atoms with Gasteiger partial charge >= 0.3 is 0 Å². The monoisotopic (exact) mass is 477 g/mol. The molecule has 0 aliphatic rings. The van der Waals surface area contributed by atoms with Crippen molar-refractivity contribution < 1.29 is 9.47 Å². The van der Waals surface area contributed by atoms with Crippen LogP contribution >= 0.6 is 7.26 Å².